The van der Waals surface area contributed by atoms with E-state index in [0.29, 0.717) is 22.2 Å². The monoisotopic (exact) mass is 321 g/mol. The van der Waals surface area contributed by atoms with Crippen molar-refractivity contribution in [2.45, 2.75) is 6.92 Å². The van der Waals surface area contributed by atoms with Crippen molar-refractivity contribution in [2.24, 2.45) is 0 Å². The average Bonchev–Trinajstić information content (AvgIpc) is 2.28. The van der Waals surface area contributed by atoms with Gasteiger partial charge in [0.25, 0.3) is 5.91 Å². The van der Waals surface area contributed by atoms with E-state index in [1.807, 2.05) is 6.92 Å². The average molecular weight is 323 g/mol. The number of carbonyl (C=O) groups excluding carboxylic acids is 1. The van der Waals surface area contributed by atoms with E-state index in [1.165, 1.54) is 12.2 Å². The maximum absolute atomic E-state index is 11.5. The summed E-state index contributed by atoms with van der Waals surface area (Å²) in [6.07, 6.45) is 2.79. The molecule has 0 bridgehead atoms. The Hall–Kier alpha value is -1.23. The molecule has 0 heterocycles. The van der Waals surface area contributed by atoms with E-state index in [4.69, 9.17) is 28.6 Å². The molecule has 1 rings (SSSR count). The molecule has 0 aliphatic rings. The lowest BCUT2D eigenvalue weighted by molar-refractivity contribution is -0.115. The molecule has 0 aromatic heterocycles. The second-order valence-corrected chi connectivity index (χ2v) is 4.18. The standard InChI is InChI=1S/C12H13Cl2N3O.ClH/c1-2-16-12(15)17-11(18)7-6-8-9(13)4-3-5-10(8)14;/h3-7H,2H2,1H3,(H3,15,16,17,18);1H/b7-6+;. The van der Waals surface area contributed by atoms with Gasteiger partial charge in [0, 0.05) is 28.2 Å². The molecule has 1 aromatic carbocycles. The SMILES string of the molecule is CCNC(=N)NC(=O)/C=C/c1c(Cl)cccc1Cl.Cl. The van der Waals surface area contributed by atoms with Crippen LogP contribution >= 0.6 is 35.6 Å². The Morgan fingerprint density at radius 1 is 1.37 bits per heavy atom. The summed E-state index contributed by atoms with van der Waals surface area (Å²) in [6.45, 7) is 2.40. The molecule has 0 saturated heterocycles. The number of hydrogen-bond acceptors (Lipinski definition) is 2. The molecule has 1 amide bonds. The van der Waals surface area contributed by atoms with Crippen molar-refractivity contribution in [3.05, 3.63) is 39.9 Å². The first kappa shape index (κ1) is 17.8. The Kier molecular flexibility index (Phi) is 8.23. The zero-order valence-electron chi connectivity index (χ0n) is 10.2. The third kappa shape index (κ3) is 5.96. The summed E-state index contributed by atoms with van der Waals surface area (Å²) < 4.78 is 0. The lowest BCUT2D eigenvalue weighted by atomic mass is 10.2. The van der Waals surface area contributed by atoms with E-state index in [9.17, 15) is 4.79 Å². The van der Waals surface area contributed by atoms with E-state index in [0.717, 1.165) is 0 Å². The minimum atomic E-state index is -0.420. The molecule has 1 aromatic rings. The molecule has 0 atom stereocenters. The zero-order valence-corrected chi connectivity index (χ0v) is 12.5. The van der Waals surface area contributed by atoms with Gasteiger partial charge >= 0.3 is 0 Å². The van der Waals surface area contributed by atoms with E-state index in [-0.39, 0.29) is 18.4 Å². The van der Waals surface area contributed by atoms with Crippen molar-refractivity contribution in [2.75, 3.05) is 6.54 Å². The molecule has 0 spiro atoms. The summed E-state index contributed by atoms with van der Waals surface area (Å²) in [7, 11) is 0. The highest BCUT2D eigenvalue weighted by atomic mass is 35.5. The minimum Gasteiger partial charge on any atom is -0.357 e. The Balaban J connectivity index is 0.00000324. The molecule has 0 radical (unpaired) electrons. The van der Waals surface area contributed by atoms with Gasteiger partial charge in [0.15, 0.2) is 5.96 Å². The number of nitrogens with one attached hydrogen (secondary N) is 3. The predicted molar refractivity (Wildman–Crippen MR) is 82.3 cm³/mol. The van der Waals surface area contributed by atoms with Gasteiger partial charge in [-0.05, 0) is 25.1 Å². The molecular formula is C12H14Cl3N3O. The van der Waals surface area contributed by atoms with Crippen LogP contribution in [0.2, 0.25) is 10.0 Å². The number of rotatable bonds is 3. The lowest BCUT2D eigenvalue weighted by Gasteiger charge is -2.05. The van der Waals surface area contributed by atoms with Crippen molar-refractivity contribution < 1.29 is 4.79 Å². The summed E-state index contributed by atoms with van der Waals surface area (Å²) in [4.78, 5) is 11.5. The summed E-state index contributed by atoms with van der Waals surface area (Å²) in [5.41, 5.74) is 0.575. The molecule has 0 fully saturated rings. The maximum Gasteiger partial charge on any atom is 0.250 e. The fourth-order valence-corrected chi connectivity index (χ4v) is 1.74. The zero-order chi connectivity index (χ0) is 13.5. The topological polar surface area (TPSA) is 65.0 Å². The predicted octanol–water partition coefficient (Wildman–Crippen LogP) is 3.09. The molecular weight excluding hydrogens is 309 g/mol. The van der Waals surface area contributed by atoms with Crippen LogP contribution in [0.3, 0.4) is 0 Å². The number of benzene rings is 1. The van der Waals surface area contributed by atoms with Gasteiger partial charge in [-0.15, -0.1) is 12.4 Å². The van der Waals surface area contributed by atoms with E-state index in [2.05, 4.69) is 10.6 Å². The van der Waals surface area contributed by atoms with Crippen LogP contribution in [0.1, 0.15) is 12.5 Å². The minimum absolute atomic E-state index is 0. The van der Waals surface area contributed by atoms with Crippen molar-refractivity contribution in [1.82, 2.24) is 10.6 Å². The molecule has 3 N–H and O–H groups in total. The van der Waals surface area contributed by atoms with Crippen LogP contribution in [-0.4, -0.2) is 18.4 Å². The highest BCUT2D eigenvalue weighted by Crippen LogP contribution is 2.25. The smallest absolute Gasteiger partial charge is 0.250 e. The van der Waals surface area contributed by atoms with Gasteiger partial charge in [-0.1, -0.05) is 29.3 Å². The van der Waals surface area contributed by atoms with E-state index < -0.39 is 5.91 Å². The van der Waals surface area contributed by atoms with Crippen LogP contribution in [0, 0.1) is 5.41 Å². The highest BCUT2D eigenvalue weighted by molar-refractivity contribution is 6.37. The van der Waals surface area contributed by atoms with Gasteiger partial charge < -0.3 is 5.32 Å². The number of amides is 1. The molecule has 19 heavy (non-hydrogen) atoms. The highest BCUT2D eigenvalue weighted by Gasteiger charge is 2.03. The first-order valence-electron chi connectivity index (χ1n) is 5.30. The fourth-order valence-electron chi connectivity index (χ4n) is 1.21. The first-order chi connectivity index (χ1) is 8.54. The largest absolute Gasteiger partial charge is 0.357 e. The third-order valence-corrected chi connectivity index (χ3v) is 2.66. The summed E-state index contributed by atoms with van der Waals surface area (Å²) >= 11 is 11.9. The normalized spacial score (nSPS) is 9.84. The van der Waals surface area contributed by atoms with Gasteiger partial charge in [-0.25, -0.2) is 0 Å². The van der Waals surface area contributed by atoms with Gasteiger partial charge in [-0.3, -0.25) is 15.5 Å². The lowest BCUT2D eigenvalue weighted by Crippen LogP contribution is -2.39. The van der Waals surface area contributed by atoms with Crippen LogP contribution in [0.25, 0.3) is 6.08 Å². The Bertz CT molecular complexity index is 469. The van der Waals surface area contributed by atoms with Crippen LogP contribution in [0.15, 0.2) is 24.3 Å². The summed E-state index contributed by atoms with van der Waals surface area (Å²) in [5, 5.41) is 13.3. The van der Waals surface area contributed by atoms with Gasteiger partial charge in [0.2, 0.25) is 0 Å². The van der Waals surface area contributed by atoms with Crippen LogP contribution in [0.4, 0.5) is 0 Å². The Morgan fingerprint density at radius 2 is 1.95 bits per heavy atom. The molecule has 4 nitrogen and oxygen atoms in total. The van der Waals surface area contributed by atoms with Crippen molar-refractivity contribution in [1.29, 1.82) is 5.41 Å². The van der Waals surface area contributed by atoms with Crippen molar-refractivity contribution in [3.63, 3.8) is 0 Å². The number of halogens is 3. The summed E-state index contributed by atoms with van der Waals surface area (Å²) in [5.74, 6) is -0.464. The van der Waals surface area contributed by atoms with Gasteiger partial charge in [-0.2, -0.15) is 0 Å². The molecule has 0 aliphatic heterocycles. The Labute approximate surface area is 128 Å². The van der Waals surface area contributed by atoms with E-state index in [1.54, 1.807) is 18.2 Å². The third-order valence-electron chi connectivity index (χ3n) is 2.00. The van der Waals surface area contributed by atoms with Crippen molar-refractivity contribution >= 4 is 53.6 Å². The quantitative estimate of drug-likeness (QED) is 0.455. The van der Waals surface area contributed by atoms with Crippen LogP contribution in [-0.2, 0) is 4.79 Å². The maximum atomic E-state index is 11.5. The van der Waals surface area contributed by atoms with Gasteiger partial charge in [0.05, 0.1) is 0 Å². The van der Waals surface area contributed by atoms with Crippen LogP contribution in [0.5, 0.6) is 0 Å². The second kappa shape index (κ2) is 8.80. The number of carbonyl (C=O) groups is 1. The Morgan fingerprint density at radius 3 is 2.47 bits per heavy atom. The molecule has 0 saturated carbocycles. The van der Waals surface area contributed by atoms with Crippen LogP contribution < -0.4 is 10.6 Å². The molecule has 7 heteroatoms. The molecule has 0 aliphatic carbocycles. The first-order valence-corrected chi connectivity index (χ1v) is 6.05. The number of guanidine groups is 1. The van der Waals surface area contributed by atoms with Crippen molar-refractivity contribution in [3.8, 4) is 0 Å². The number of hydrogen-bond donors (Lipinski definition) is 3. The van der Waals surface area contributed by atoms with Gasteiger partial charge in [0.1, 0.15) is 0 Å². The molecule has 0 unspecified atom stereocenters. The summed E-state index contributed by atoms with van der Waals surface area (Å²) in [6, 6.07) is 5.10. The molecule has 104 valence electrons. The second-order valence-electron chi connectivity index (χ2n) is 3.36. The fraction of sp³-hybridized carbons (Fsp3) is 0.167. The van der Waals surface area contributed by atoms with E-state index >= 15 is 0 Å².